The maximum Gasteiger partial charge on any atom is 0.126 e. The fourth-order valence-electron chi connectivity index (χ4n) is 1.93. The third kappa shape index (κ3) is 1.97. The van der Waals surface area contributed by atoms with Crippen molar-refractivity contribution in [2.75, 3.05) is 17.7 Å². The van der Waals surface area contributed by atoms with Gasteiger partial charge in [-0.2, -0.15) is 0 Å². The third-order valence-electron chi connectivity index (χ3n) is 3.45. The molecule has 0 saturated carbocycles. The Bertz CT molecular complexity index is 394. The number of nitrogens with two attached hydrogens (primary N) is 1. The van der Waals surface area contributed by atoms with Crippen LogP contribution in [-0.4, -0.2) is 23.2 Å². The van der Waals surface area contributed by atoms with Gasteiger partial charge in [0.05, 0.1) is 23.5 Å². The molecular weight excluding hydrogens is 202 g/mol. The average Bonchev–Trinajstić information content (AvgIpc) is 2.53. The molecule has 2 rings (SSSR count). The lowest BCUT2D eigenvalue weighted by atomic mass is 9.94. The Kier molecular flexibility index (Phi) is 2.76. The van der Waals surface area contributed by atoms with Gasteiger partial charge in [0, 0.05) is 6.61 Å². The molecule has 2 atom stereocenters. The van der Waals surface area contributed by atoms with Crippen molar-refractivity contribution in [1.29, 1.82) is 0 Å². The van der Waals surface area contributed by atoms with Crippen LogP contribution in [0.4, 0.5) is 11.5 Å². The predicted molar refractivity (Wildman–Crippen MR) is 65.4 cm³/mol. The quantitative estimate of drug-likeness (QED) is 0.801. The molecule has 2 heterocycles. The number of nitrogen functional groups attached to an aromatic ring is 1. The van der Waals surface area contributed by atoms with Crippen LogP contribution < -0.4 is 11.1 Å². The van der Waals surface area contributed by atoms with E-state index < -0.39 is 0 Å². The van der Waals surface area contributed by atoms with Crippen molar-refractivity contribution in [2.24, 2.45) is 0 Å². The molecule has 0 spiro atoms. The molecule has 1 fully saturated rings. The fraction of sp³-hybridized carbons (Fsp3) is 0.583. The highest BCUT2D eigenvalue weighted by molar-refractivity contribution is 5.51. The molecule has 4 heteroatoms. The Hall–Kier alpha value is -1.29. The molecule has 0 aliphatic carbocycles. The van der Waals surface area contributed by atoms with Crippen molar-refractivity contribution in [3.63, 3.8) is 0 Å². The maximum atomic E-state index is 5.74. The van der Waals surface area contributed by atoms with Gasteiger partial charge in [-0.25, -0.2) is 4.98 Å². The van der Waals surface area contributed by atoms with Crippen LogP contribution in [0.3, 0.4) is 0 Å². The van der Waals surface area contributed by atoms with Gasteiger partial charge in [0.2, 0.25) is 0 Å². The summed E-state index contributed by atoms with van der Waals surface area (Å²) < 4.78 is 5.58. The van der Waals surface area contributed by atoms with Gasteiger partial charge >= 0.3 is 0 Å². The maximum absolute atomic E-state index is 5.74. The highest BCUT2D eigenvalue weighted by atomic mass is 16.5. The van der Waals surface area contributed by atoms with Gasteiger partial charge in [0.25, 0.3) is 0 Å². The first-order valence-electron chi connectivity index (χ1n) is 5.63. The molecule has 1 aliphatic rings. The van der Waals surface area contributed by atoms with E-state index in [1.54, 1.807) is 6.20 Å². The molecular formula is C12H19N3O. The van der Waals surface area contributed by atoms with Crippen LogP contribution in [0.25, 0.3) is 0 Å². The predicted octanol–water partition coefficient (Wildman–Crippen LogP) is 1.95. The number of anilines is 2. The smallest absolute Gasteiger partial charge is 0.126 e. The van der Waals surface area contributed by atoms with E-state index in [1.807, 2.05) is 13.0 Å². The first-order chi connectivity index (χ1) is 7.51. The number of pyridine rings is 1. The summed E-state index contributed by atoms with van der Waals surface area (Å²) in [4.78, 5) is 4.29. The van der Waals surface area contributed by atoms with Crippen molar-refractivity contribution in [1.82, 2.24) is 4.98 Å². The first-order valence-corrected chi connectivity index (χ1v) is 5.63. The van der Waals surface area contributed by atoms with Gasteiger partial charge in [0.1, 0.15) is 5.82 Å². The standard InChI is InChI=1S/C12H19N3O/c1-8-6-11(14-7-10(8)13)15-12(3)4-5-16-9(12)2/h6-7,9H,4-5,13H2,1-3H3,(H,14,15). The molecule has 1 aromatic rings. The lowest BCUT2D eigenvalue weighted by molar-refractivity contribution is 0.105. The molecule has 0 bridgehead atoms. The summed E-state index contributed by atoms with van der Waals surface area (Å²) >= 11 is 0. The monoisotopic (exact) mass is 221 g/mol. The molecule has 4 nitrogen and oxygen atoms in total. The second kappa shape index (κ2) is 3.94. The van der Waals surface area contributed by atoms with Crippen LogP contribution in [0, 0.1) is 6.92 Å². The van der Waals surface area contributed by atoms with Crippen molar-refractivity contribution in [3.8, 4) is 0 Å². The van der Waals surface area contributed by atoms with Crippen LogP contribution in [-0.2, 0) is 4.74 Å². The summed E-state index contributed by atoms with van der Waals surface area (Å²) in [5, 5.41) is 3.44. The number of ether oxygens (including phenoxy) is 1. The molecule has 1 saturated heterocycles. The normalized spacial score (nSPS) is 29.3. The first kappa shape index (κ1) is 11.2. The van der Waals surface area contributed by atoms with Gasteiger partial charge < -0.3 is 15.8 Å². The molecule has 0 radical (unpaired) electrons. The van der Waals surface area contributed by atoms with Crippen molar-refractivity contribution < 1.29 is 4.74 Å². The zero-order chi connectivity index (χ0) is 11.8. The molecule has 3 N–H and O–H groups in total. The Labute approximate surface area is 96.2 Å². The van der Waals surface area contributed by atoms with E-state index in [9.17, 15) is 0 Å². The zero-order valence-electron chi connectivity index (χ0n) is 10.1. The second-order valence-electron chi connectivity index (χ2n) is 4.73. The lowest BCUT2D eigenvalue weighted by Crippen LogP contribution is -2.41. The van der Waals surface area contributed by atoms with Gasteiger partial charge in [-0.15, -0.1) is 0 Å². The van der Waals surface area contributed by atoms with E-state index in [-0.39, 0.29) is 11.6 Å². The number of rotatable bonds is 2. The van der Waals surface area contributed by atoms with E-state index in [1.165, 1.54) is 0 Å². The van der Waals surface area contributed by atoms with E-state index >= 15 is 0 Å². The molecule has 16 heavy (non-hydrogen) atoms. The number of aryl methyl sites for hydroxylation is 1. The molecule has 1 aromatic heterocycles. The molecule has 2 unspecified atom stereocenters. The lowest BCUT2D eigenvalue weighted by Gasteiger charge is -2.29. The molecule has 1 aliphatic heterocycles. The summed E-state index contributed by atoms with van der Waals surface area (Å²) in [5.74, 6) is 0.867. The zero-order valence-corrected chi connectivity index (χ0v) is 10.1. The van der Waals surface area contributed by atoms with Crippen LogP contribution in [0.1, 0.15) is 25.8 Å². The van der Waals surface area contributed by atoms with Crippen molar-refractivity contribution in [3.05, 3.63) is 17.8 Å². The molecule has 88 valence electrons. The summed E-state index contributed by atoms with van der Waals surface area (Å²) in [5.41, 5.74) is 7.49. The summed E-state index contributed by atoms with van der Waals surface area (Å²) in [7, 11) is 0. The Morgan fingerprint density at radius 2 is 2.38 bits per heavy atom. The summed E-state index contributed by atoms with van der Waals surface area (Å²) in [6.07, 6.45) is 2.90. The average molecular weight is 221 g/mol. The van der Waals surface area contributed by atoms with E-state index in [4.69, 9.17) is 10.5 Å². The summed E-state index contributed by atoms with van der Waals surface area (Å²) in [6, 6.07) is 1.98. The highest BCUT2D eigenvalue weighted by Crippen LogP contribution is 2.29. The van der Waals surface area contributed by atoms with E-state index in [0.717, 1.165) is 30.1 Å². The van der Waals surface area contributed by atoms with Gasteiger partial charge in [-0.05, 0) is 38.8 Å². The van der Waals surface area contributed by atoms with Gasteiger partial charge in [-0.3, -0.25) is 0 Å². The van der Waals surface area contributed by atoms with Crippen molar-refractivity contribution >= 4 is 11.5 Å². The van der Waals surface area contributed by atoms with Crippen molar-refractivity contribution in [2.45, 2.75) is 38.8 Å². The minimum absolute atomic E-state index is 0.0322. The Morgan fingerprint density at radius 3 is 2.94 bits per heavy atom. The largest absolute Gasteiger partial charge is 0.397 e. The minimum Gasteiger partial charge on any atom is -0.397 e. The topological polar surface area (TPSA) is 60.2 Å². The number of hydrogen-bond donors (Lipinski definition) is 2. The molecule has 0 amide bonds. The minimum atomic E-state index is -0.0322. The Morgan fingerprint density at radius 1 is 1.62 bits per heavy atom. The number of hydrogen-bond acceptors (Lipinski definition) is 4. The van der Waals surface area contributed by atoms with Crippen LogP contribution in [0.15, 0.2) is 12.3 Å². The summed E-state index contributed by atoms with van der Waals surface area (Å²) in [6.45, 7) is 7.04. The fourth-order valence-corrected chi connectivity index (χ4v) is 1.93. The second-order valence-corrected chi connectivity index (χ2v) is 4.73. The number of aromatic nitrogens is 1. The van der Waals surface area contributed by atoms with Gasteiger partial charge in [-0.1, -0.05) is 0 Å². The van der Waals surface area contributed by atoms with Crippen LogP contribution in [0.5, 0.6) is 0 Å². The number of nitrogens with zero attached hydrogens (tertiary/aromatic N) is 1. The highest BCUT2D eigenvalue weighted by Gasteiger charge is 2.37. The van der Waals surface area contributed by atoms with E-state index in [0.29, 0.717) is 0 Å². The van der Waals surface area contributed by atoms with Crippen LogP contribution in [0.2, 0.25) is 0 Å². The third-order valence-corrected chi connectivity index (χ3v) is 3.45. The van der Waals surface area contributed by atoms with Gasteiger partial charge in [0.15, 0.2) is 0 Å². The number of nitrogens with one attached hydrogen (secondary N) is 1. The Balaban J connectivity index is 2.17. The molecule has 0 aromatic carbocycles. The SMILES string of the molecule is Cc1cc(NC2(C)CCOC2C)ncc1N. The van der Waals surface area contributed by atoms with E-state index in [2.05, 4.69) is 24.1 Å². The van der Waals surface area contributed by atoms with Crippen LogP contribution >= 0.6 is 0 Å².